The maximum absolute atomic E-state index is 13.0. The summed E-state index contributed by atoms with van der Waals surface area (Å²) in [5.74, 6) is -2.94. The van der Waals surface area contributed by atoms with Crippen LogP contribution in [-0.2, 0) is 9.59 Å². The Balaban J connectivity index is 1.16. The number of hydrogen-bond acceptors (Lipinski definition) is 6. The van der Waals surface area contributed by atoms with Crippen molar-refractivity contribution < 1.29 is 28.8 Å². The van der Waals surface area contributed by atoms with Crippen LogP contribution in [0.25, 0.3) is 0 Å². The van der Waals surface area contributed by atoms with Gasteiger partial charge in [0.25, 0.3) is 23.6 Å². The average Bonchev–Trinajstić information content (AvgIpc) is 3.37. The van der Waals surface area contributed by atoms with Gasteiger partial charge in [0.1, 0.15) is 12.1 Å². The number of unbranched alkanes of at least 4 members (excludes halogenated alkanes) is 4. The summed E-state index contributed by atoms with van der Waals surface area (Å²) in [7, 11) is 0. The summed E-state index contributed by atoms with van der Waals surface area (Å²) < 4.78 is 0. The molecule has 0 spiro atoms. The van der Waals surface area contributed by atoms with E-state index in [0.29, 0.717) is 35.3 Å². The third-order valence-corrected chi connectivity index (χ3v) is 7.96. The van der Waals surface area contributed by atoms with Crippen molar-refractivity contribution >= 4 is 35.4 Å². The number of imide groups is 2. The molecule has 0 fully saturated rings. The first-order chi connectivity index (χ1) is 20.6. The first kappa shape index (κ1) is 31.6. The van der Waals surface area contributed by atoms with E-state index in [1.165, 1.54) is 0 Å². The molecule has 2 aromatic carbocycles. The second kappa shape index (κ2) is 13.8. The summed E-state index contributed by atoms with van der Waals surface area (Å²) in [6.45, 7) is 8.12. The highest BCUT2D eigenvalue weighted by Gasteiger charge is 2.45. The zero-order valence-electron chi connectivity index (χ0n) is 25.2. The van der Waals surface area contributed by atoms with Crippen LogP contribution in [-0.4, -0.2) is 70.4 Å². The van der Waals surface area contributed by atoms with E-state index in [1.54, 1.807) is 48.5 Å². The van der Waals surface area contributed by atoms with E-state index in [2.05, 4.69) is 10.6 Å². The average molecular weight is 589 g/mol. The van der Waals surface area contributed by atoms with Gasteiger partial charge in [0.2, 0.25) is 11.8 Å². The summed E-state index contributed by atoms with van der Waals surface area (Å²) in [6.07, 6.45) is 4.08. The smallest absolute Gasteiger partial charge is 0.262 e. The quantitative estimate of drug-likeness (QED) is 0.255. The number of amides is 6. The molecular weight excluding hydrogens is 548 g/mol. The van der Waals surface area contributed by atoms with E-state index in [-0.39, 0.29) is 23.7 Å². The van der Waals surface area contributed by atoms with Crippen LogP contribution in [0.5, 0.6) is 0 Å². The van der Waals surface area contributed by atoms with Gasteiger partial charge in [-0.2, -0.15) is 0 Å². The van der Waals surface area contributed by atoms with Gasteiger partial charge in [-0.15, -0.1) is 0 Å². The van der Waals surface area contributed by atoms with Crippen LogP contribution in [0.2, 0.25) is 0 Å². The number of carbonyl (C=O) groups is 6. The van der Waals surface area contributed by atoms with Crippen molar-refractivity contribution in [3.63, 3.8) is 0 Å². The Labute approximate surface area is 252 Å². The van der Waals surface area contributed by atoms with E-state index in [4.69, 9.17) is 0 Å². The van der Waals surface area contributed by atoms with Crippen LogP contribution in [0.3, 0.4) is 0 Å². The largest absolute Gasteiger partial charge is 0.354 e. The Hall–Kier alpha value is -4.34. The summed E-state index contributed by atoms with van der Waals surface area (Å²) in [5.41, 5.74) is 1.30. The molecule has 2 unspecified atom stereocenters. The Morgan fingerprint density at radius 1 is 0.535 bits per heavy atom. The van der Waals surface area contributed by atoms with Crippen molar-refractivity contribution in [1.82, 2.24) is 20.4 Å². The fraction of sp³-hybridized carbons (Fsp3) is 0.455. The van der Waals surface area contributed by atoms with Gasteiger partial charge in [0.05, 0.1) is 22.3 Å². The topological polar surface area (TPSA) is 133 Å². The second-order valence-electron chi connectivity index (χ2n) is 11.8. The van der Waals surface area contributed by atoms with Crippen molar-refractivity contribution in [2.75, 3.05) is 13.1 Å². The lowest BCUT2D eigenvalue weighted by atomic mass is 10.0. The summed E-state index contributed by atoms with van der Waals surface area (Å²) in [6, 6.07) is 11.5. The van der Waals surface area contributed by atoms with Crippen LogP contribution >= 0.6 is 0 Å². The number of nitrogens with one attached hydrogen (secondary N) is 2. The maximum atomic E-state index is 13.0. The highest BCUT2D eigenvalue weighted by atomic mass is 16.2. The third-order valence-electron chi connectivity index (χ3n) is 7.96. The molecule has 0 radical (unpaired) electrons. The minimum absolute atomic E-state index is 0.246. The summed E-state index contributed by atoms with van der Waals surface area (Å²) >= 11 is 0. The molecule has 2 aliphatic rings. The van der Waals surface area contributed by atoms with Crippen molar-refractivity contribution in [3.05, 3.63) is 70.8 Å². The number of nitrogens with zero attached hydrogens (tertiary/aromatic N) is 2. The van der Waals surface area contributed by atoms with Gasteiger partial charge in [-0.05, 0) is 48.9 Å². The molecule has 43 heavy (non-hydrogen) atoms. The molecule has 228 valence electrons. The number of carbonyl (C=O) groups excluding carboxylic acids is 6. The minimum atomic E-state index is -0.883. The minimum Gasteiger partial charge on any atom is -0.354 e. The van der Waals surface area contributed by atoms with Crippen molar-refractivity contribution in [2.45, 2.75) is 71.9 Å². The van der Waals surface area contributed by atoms with Crippen molar-refractivity contribution in [1.29, 1.82) is 0 Å². The predicted octanol–water partition coefficient (Wildman–Crippen LogP) is 3.81. The molecule has 2 aromatic rings. The van der Waals surface area contributed by atoms with Crippen LogP contribution in [0.1, 0.15) is 101 Å². The monoisotopic (exact) mass is 588 g/mol. The Morgan fingerprint density at radius 3 is 1.09 bits per heavy atom. The van der Waals surface area contributed by atoms with Gasteiger partial charge in [0, 0.05) is 13.1 Å². The highest BCUT2D eigenvalue weighted by molar-refractivity contribution is 6.23. The van der Waals surface area contributed by atoms with Crippen LogP contribution in [0.15, 0.2) is 48.5 Å². The van der Waals surface area contributed by atoms with Gasteiger partial charge >= 0.3 is 0 Å². The molecule has 2 aliphatic heterocycles. The molecule has 2 N–H and O–H groups in total. The molecule has 6 amide bonds. The molecular formula is C33H40N4O6. The third kappa shape index (κ3) is 6.53. The SMILES string of the molecule is CC(C)C(C(=O)NCCCCCCCNC(=O)C(C(C)C)N1C(=O)c2ccccc2C1=O)N1C(=O)c2ccccc2C1=O. The molecule has 0 saturated carbocycles. The normalized spacial score (nSPS) is 15.7. The Kier molecular flexibility index (Phi) is 10.1. The lowest BCUT2D eigenvalue weighted by molar-refractivity contribution is -0.126. The van der Waals surface area contributed by atoms with E-state index >= 15 is 0 Å². The lowest BCUT2D eigenvalue weighted by Crippen LogP contribution is -2.52. The zero-order chi connectivity index (χ0) is 31.3. The maximum Gasteiger partial charge on any atom is 0.262 e. The van der Waals surface area contributed by atoms with Gasteiger partial charge in [-0.3, -0.25) is 38.6 Å². The standard InChI is InChI=1S/C33H40N4O6/c1-20(2)26(36-30(40)22-14-8-9-15-23(22)31(36)41)28(38)34-18-12-6-5-7-13-19-35-29(39)27(21(3)4)37-32(42)24-16-10-11-17-25(24)33(37)43/h8-11,14-17,20-21,26-27H,5-7,12-13,18-19H2,1-4H3,(H,34,38)(H,35,39). The number of fused-ring (bicyclic) bond motifs is 2. The Morgan fingerprint density at radius 2 is 0.814 bits per heavy atom. The van der Waals surface area contributed by atoms with E-state index in [9.17, 15) is 28.8 Å². The molecule has 0 aromatic heterocycles. The van der Waals surface area contributed by atoms with Gasteiger partial charge in [-0.1, -0.05) is 71.2 Å². The van der Waals surface area contributed by atoms with Gasteiger partial charge < -0.3 is 10.6 Å². The fourth-order valence-corrected chi connectivity index (χ4v) is 5.77. The Bertz CT molecular complexity index is 1240. The number of rotatable bonds is 14. The van der Waals surface area contributed by atoms with E-state index < -0.39 is 35.7 Å². The van der Waals surface area contributed by atoms with E-state index in [1.807, 2.05) is 27.7 Å². The molecule has 0 aliphatic carbocycles. The molecule has 0 bridgehead atoms. The van der Waals surface area contributed by atoms with Crippen LogP contribution < -0.4 is 10.6 Å². The fourth-order valence-electron chi connectivity index (χ4n) is 5.77. The van der Waals surface area contributed by atoms with Gasteiger partial charge in [0.15, 0.2) is 0 Å². The number of benzene rings is 2. The molecule has 2 heterocycles. The summed E-state index contributed by atoms with van der Waals surface area (Å²) in [5, 5.41) is 5.78. The van der Waals surface area contributed by atoms with Gasteiger partial charge in [-0.25, -0.2) is 0 Å². The van der Waals surface area contributed by atoms with Crippen molar-refractivity contribution in [3.8, 4) is 0 Å². The predicted molar refractivity (Wildman–Crippen MR) is 160 cm³/mol. The first-order valence-electron chi connectivity index (χ1n) is 15.1. The number of hydrogen-bond donors (Lipinski definition) is 2. The first-order valence-corrected chi connectivity index (χ1v) is 15.1. The zero-order valence-corrected chi connectivity index (χ0v) is 25.2. The second-order valence-corrected chi connectivity index (χ2v) is 11.8. The molecule has 0 saturated heterocycles. The molecule has 2 atom stereocenters. The molecule has 4 rings (SSSR count). The summed E-state index contributed by atoms with van der Waals surface area (Å²) in [4.78, 5) is 79.7. The lowest BCUT2D eigenvalue weighted by Gasteiger charge is -2.28. The van der Waals surface area contributed by atoms with Crippen LogP contribution in [0, 0.1) is 11.8 Å². The van der Waals surface area contributed by atoms with Crippen molar-refractivity contribution in [2.24, 2.45) is 11.8 Å². The highest BCUT2D eigenvalue weighted by Crippen LogP contribution is 2.28. The van der Waals surface area contributed by atoms with Crippen LogP contribution in [0.4, 0.5) is 0 Å². The molecule has 10 nitrogen and oxygen atoms in total. The molecule has 10 heteroatoms. The van der Waals surface area contributed by atoms with E-state index in [0.717, 1.165) is 41.9 Å².